The van der Waals surface area contributed by atoms with Crippen molar-refractivity contribution in [1.82, 2.24) is 0 Å². The number of Topliss-reactive ketones (excluding diaryl/α,β-unsaturated/α-hetero) is 1. The zero-order valence-electron chi connectivity index (χ0n) is 16.6. The van der Waals surface area contributed by atoms with Gasteiger partial charge in [-0.1, -0.05) is 12.5 Å². The maximum absolute atomic E-state index is 12.5. The van der Waals surface area contributed by atoms with Crippen molar-refractivity contribution in [3.8, 4) is 0 Å². The number of esters is 1. The van der Waals surface area contributed by atoms with E-state index in [0.29, 0.717) is 25.7 Å². The molecule has 0 spiro atoms. The Balaban J connectivity index is 2.29. The molecule has 0 aromatic rings. The number of aliphatic hydroxyl groups is 3. The van der Waals surface area contributed by atoms with Crippen molar-refractivity contribution in [2.75, 3.05) is 0 Å². The molecule has 6 nitrogen and oxygen atoms in total. The maximum atomic E-state index is 12.5. The lowest BCUT2D eigenvalue weighted by Crippen LogP contribution is -2.61. The summed E-state index contributed by atoms with van der Waals surface area (Å²) in [5.41, 5.74) is -2.03. The zero-order valence-corrected chi connectivity index (χ0v) is 16.6. The number of carbonyl (C=O) groups is 2. The highest BCUT2D eigenvalue weighted by molar-refractivity contribution is 5.97. The fraction of sp³-hybridized carbons (Fsp3) is 0.800. The van der Waals surface area contributed by atoms with Crippen molar-refractivity contribution in [3.05, 3.63) is 11.1 Å². The second-order valence-corrected chi connectivity index (χ2v) is 8.97. The van der Waals surface area contributed by atoms with Crippen molar-refractivity contribution in [3.63, 3.8) is 0 Å². The summed E-state index contributed by atoms with van der Waals surface area (Å²) in [5, 5.41) is 31.0. The average molecular weight is 368 g/mol. The SMILES string of the molecule is CC(C)=C1C[C@@H]2[C@](C)(CC[C@H](OC(=O)[C@@](C)(O)[C@H](C)O)[C@@]2(C)O)CC1=O. The Bertz CT molecular complexity index is 626. The Kier molecular flexibility index (Phi) is 5.45. The number of rotatable bonds is 3. The number of hydrogen-bond acceptors (Lipinski definition) is 6. The second kappa shape index (κ2) is 6.73. The highest BCUT2D eigenvalue weighted by atomic mass is 16.6. The molecule has 0 saturated heterocycles. The van der Waals surface area contributed by atoms with E-state index in [1.54, 1.807) is 6.92 Å². The normalized spacial score (nSPS) is 38.2. The van der Waals surface area contributed by atoms with Crippen molar-refractivity contribution >= 4 is 11.8 Å². The fourth-order valence-corrected chi connectivity index (χ4v) is 4.39. The van der Waals surface area contributed by atoms with Gasteiger partial charge in [0.25, 0.3) is 0 Å². The summed E-state index contributed by atoms with van der Waals surface area (Å²) in [7, 11) is 0. The lowest BCUT2D eigenvalue weighted by atomic mass is 9.53. The first-order chi connectivity index (χ1) is 11.7. The van der Waals surface area contributed by atoms with Crippen molar-refractivity contribution in [2.45, 2.75) is 90.6 Å². The van der Waals surface area contributed by atoms with E-state index in [4.69, 9.17) is 4.74 Å². The summed E-state index contributed by atoms with van der Waals surface area (Å²) in [6.45, 7) is 9.95. The number of carbonyl (C=O) groups excluding carboxylic acids is 2. The van der Waals surface area contributed by atoms with Gasteiger partial charge < -0.3 is 20.1 Å². The van der Waals surface area contributed by atoms with Crippen LogP contribution in [0.25, 0.3) is 0 Å². The van der Waals surface area contributed by atoms with Crippen molar-refractivity contribution in [1.29, 1.82) is 0 Å². The van der Waals surface area contributed by atoms with Gasteiger partial charge in [-0.25, -0.2) is 4.79 Å². The minimum absolute atomic E-state index is 0.132. The molecule has 3 N–H and O–H groups in total. The number of allylic oxidation sites excluding steroid dienone is 2. The van der Waals surface area contributed by atoms with Gasteiger partial charge in [0.15, 0.2) is 11.4 Å². The molecule has 2 saturated carbocycles. The highest BCUT2D eigenvalue weighted by Crippen LogP contribution is 2.55. The Labute approximate surface area is 155 Å². The lowest BCUT2D eigenvalue weighted by Gasteiger charge is -2.55. The van der Waals surface area contributed by atoms with E-state index in [1.165, 1.54) is 13.8 Å². The number of hydrogen-bond donors (Lipinski definition) is 3. The molecule has 0 radical (unpaired) electrons. The Morgan fingerprint density at radius 2 is 1.92 bits per heavy atom. The molecule has 0 aromatic heterocycles. The summed E-state index contributed by atoms with van der Waals surface area (Å²) in [5.74, 6) is -1.05. The molecule has 0 bridgehead atoms. The van der Waals surface area contributed by atoms with Crippen LogP contribution >= 0.6 is 0 Å². The van der Waals surface area contributed by atoms with Crippen LogP contribution in [-0.4, -0.2) is 50.5 Å². The second-order valence-electron chi connectivity index (χ2n) is 8.97. The van der Waals surface area contributed by atoms with Gasteiger partial charge in [0, 0.05) is 12.3 Å². The van der Waals surface area contributed by atoms with Crippen molar-refractivity contribution < 1.29 is 29.6 Å². The van der Waals surface area contributed by atoms with Gasteiger partial charge in [-0.15, -0.1) is 0 Å². The molecule has 0 unspecified atom stereocenters. The number of ether oxygens (including phenoxy) is 1. The van der Waals surface area contributed by atoms with E-state index in [9.17, 15) is 24.9 Å². The lowest BCUT2D eigenvalue weighted by molar-refractivity contribution is -0.215. The van der Waals surface area contributed by atoms with Crippen LogP contribution in [0.2, 0.25) is 0 Å². The summed E-state index contributed by atoms with van der Waals surface area (Å²) in [6, 6.07) is 0. The average Bonchev–Trinajstić information content (AvgIpc) is 2.48. The van der Waals surface area contributed by atoms with Crippen LogP contribution in [0, 0.1) is 11.3 Å². The minimum Gasteiger partial charge on any atom is -0.457 e. The molecule has 6 heteroatoms. The van der Waals surface area contributed by atoms with Crippen LogP contribution in [0.4, 0.5) is 0 Å². The van der Waals surface area contributed by atoms with Gasteiger partial charge in [0.05, 0.1) is 6.10 Å². The molecular formula is C20H32O6. The third kappa shape index (κ3) is 3.47. The summed E-state index contributed by atoms with van der Waals surface area (Å²) in [6.07, 6.45) is -0.224. The first kappa shape index (κ1) is 21.1. The summed E-state index contributed by atoms with van der Waals surface area (Å²) < 4.78 is 5.45. The number of aliphatic hydroxyl groups excluding tert-OH is 1. The standard InChI is InChI=1S/C20H32O6/c1-11(2)13-9-15-18(4,10-14(13)22)8-7-16(20(15,6)25)26-17(23)19(5,24)12(3)21/h12,15-16,21,24-25H,7-10H2,1-6H3/t12-,15+,16-,18+,19-,20-/m0/s1. The largest absolute Gasteiger partial charge is 0.457 e. The molecule has 0 aliphatic heterocycles. The fourth-order valence-electron chi connectivity index (χ4n) is 4.39. The Morgan fingerprint density at radius 3 is 2.42 bits per heavy atom. The Morgan fingerprint density at radius 1 is 1.35 bits per heavy atom. The molecule has 0 aromatic carbocycles. The van der Waals surface area contributed by atoms with Crippen LogP contribution in [0.15, 0.2) is 11.1 Å². The van der Waals surface area contributed by atoms with Gasteiger partial charge in [-0.2, -0.15) is 0 Å². The van der Waals surface area contributed by atoms with Crippen LogP contribution in [0.1, 0.15) is 67.2 Å². The molecule has 148 valence electrons. The van der Waals surface area contributed by atoms with E-state index < -0.39 is 29.4 Å². The molecule has 0 heterocycles. The third-order valence-corrected chi connectivity index (χ3v) is 6.57. The molecule has 0 amide bonds. The van der Waals surface area contributed by atoms with Crippen LogP contribution in [-0.2, 0) is 14.3 Å². The van der Waals surface area contributed by atoms with E-state index in [-0.39, 0.29) is 17.1 Å². The maximum Gasteiger partial charge on any atom is 0.340 e. The molecule has 2 fully saturated rings. The van der Waals surface area contributed by atoms with Crippen LogP contribution in [0.3, 0.4) is 0 Å². The first-order valence-corrected chi connectivity index (χ1v) is 9.27. The molecule has 2 aliphatic carbocycles. The molecule has 6 atom stereocenters. The van der Waals surface area contributed by atoms with E-state index in [0.717, 1.165) is 11.1 Å². The Hall–Kier alpha value is -1.24. The monoisotopic (exact) mass is 368 g/mol. The predicted molar refractivity (Wildman–Crippen MR) is 96.3 cm³/mol. The van der Waals surface area contributed by atoms with Gasteiger partial charge in [-0.3, -0.25) is 4.79 Å². The van der Waals surface area contributed by atoms with Gasteiger partial charge >= 0.3 is 5.97 Å². The van der Waals surface area contributed by atoms with Crippen LogP contribution < -0.4 is 0 Å². The van der Waals surface area contributed by atoms with Crippen LogP contribution in [0.5, 0.6) is 0 Å². The smallest absolute Gasteiger partial charge is 0.340 e. The molecule has 26 heavy (non-hydrogen) atoms. The summed E-state index contributed by atoms with van der Waals surface area (Å²) >= 11 is 0. The van der Waals surface area contributed by atoms with Gasteiger partial charge in [0.2, 0.25) is 0 Å². The van der Waals surface area contributed by atoms with Gasteiger partial charge in [0.1, 0.15) is 11.7 Å². The summed E-state index contributed by atoms with van der Waals surface area (Å²) in [4.78, 5) is 24.8. The molecule has 2 rings (SSSR count). The van der Waals surface area contributed by atoms with Gasteiger partial charge in [-0.05, 0) is 64.9 Å². The van der Waals surface area contributed by atoms with E-state index >= 15 is 0 Å². The highest BCUT2D eigenvalue weighted by Gasteiger charge is 2.58. The molecule has 2 aliphatic rings. The minimum atomic E-state index is -2.04. The molecular weight excluding hydrogens is 336 g/mol. The van der Waals surface area contributed by atoms with E-state index in [2.05, 4.69) is 0 Å². The topological polar surface area (TPSA) is 104 Å². The quantitative estimate of drug-likeness (QED) is 0.519. The number of fused-ring (bicyclic) bond motifs is 1. The third-order valence-electron chi connectivity index (χ3n) is 6.57. The first-order valence-electron chi connectivity index (χ1n) is 9.27. The van der Waals surface area contributed by atoms with Crippen molar-refractivity contribution in [2.24, 2.45) is 11.3 Å². The number of ketones is 1. The zero-order chi connectivity index (χ0) is 20.1. The predicted octanol–water partition coefficient (Wildman–Crippen LogP) is 1.90. The van der Waals surface area contributed by atoms with E-state index in [1.807, 2.05) is 20.8 Å².